The highest BCUT2D eigenvalue weighted by Gasteiger charge is 2.34. The van der Waals surface area contributed by atoms with Crippen LogP contribution in [-0.2, 0) is 11.0 Å². The predicted octanol–water partition coefficient (Wildman–Crippen LogP) is 2.49. The van der Waals surface area contributed by atoms with E-state index in [1.54, 1.807) is 0 Å². The van der Waals surface area contributed by atoms with Crippen LogP contribution in [0, 0.1) is 11.3 Å². The van der Waals surface area contributed by atoms with Crippen molar-refractivity contribution in [3.05, 3.63) is 29.3 Å². The highest BCUT2D eigenvalue weighted by atomic mass is 19.4. The Morgan fingerprint density at radius 1 is 1.47 bits per heavy atom. The summed E-state index contributed by atoms with van der Waals surface area (Å²) in [7, 11) is 1.43. The van der Waals surface area contributed by atoms with Crippen molar-refractivity contribution >= 4 is 11.7 Å². The highest BCUT2D eigenvalue weighted by Crippen LogP contribution is 2.33. The Morgan fingerprint density at radius 3 is 2.47 bits per heavy atom. The molecule has 0 heterocycles. The van der Waals surface area contributed by atoms with Crippen molar-refractivity contribution in [2.45, 2.75) is 19.1 Å². The average Bonchev–Trinajstić information content (AvgIpc) is 2.34. The first-order chi connectivity index (χ1) is 8.68. The zero-order valence-electron chi connectivity index (χ0n) is 10.2. The minimum absolute atomic E-state index is 0.236. The standard InChI is InChI=1S/C12H11F3N2O2/c1-7(11(18)19)17(2)9-3-4-10(12(13,14)15)8(5-9)6-16/h3-5,7H,1-2H3,(H,18,19). The lowest BCUT2D eigenvalue weighted by molar-refractivity contribution is -0.139. The van der Waals surface area contributed by atoms with Gasteiger partial charge in [-0.05, 0) is 25.1 Å². The number of rotatable bonds is 3. The lowest BCUT2D eigenvalue weighted by Gasteiger charge is -2.24. The second kappa shape index (κ2) is 5.18. The number of anilines is 1. The maximum absolute atomic E-state index is 12.6. The summed E-state index contributed by atoms with van der Waals surface area (Å²) in [5.41, 5.74) is -1.33. The Kier molecular flexibility index (Phi) is 4.04. The van der Waals surface area contributed by atoms with Crippen molar-refractivity contribution in [3.63, 3.8) is 0 Å². The number of hydrogen-bond acceptors (Lipinski definition) is 3. The predicted molar refractivity (Wildman–Crippen MR) is 61.7 cm³/mol. The number of carbonyl (C=O) groups is 1. The van der Waals surface area contributed by atoms with Gasteiger partial charge < -0.3 is 10.0 Å². The summed E-state index contributed by atoms with van der Waals surface area (Å²) in [5, 5.41) is 17.6. The Hall–Kier alpha value is -2.23. The second-order valence-corrected chi connectivity index (χ2v) is 3.96. The van der Waals surface area contributed by atoms with Crippen LogP contribution in [0.15, 0.2) is 18.2 Å². The molecule has 0 aliphatic carbocycles. The van der Waals surface area contributed by atoms with E-state index in [0.717, 1.165) is 18.2 Å². The molecule has 0 radical (unpaired) electrons. The molecule has 19 heavy (non-hydrogen) atoms. The number of nitrogens with zero attached hydrogens (tertiary/aromatic N) is 2. The van der Waals surface area contributed by atoms with E-state index in [0.29, 0.717) is 0 Å². The molecule has 1 aromatic rings. The van der Waals surface area contributed by atoms with Crippen LogP contribution < -0.4 is 4.90 Å². The molecule has 0 bridgehead atoms. The first-order valence-corrected chi connectivity index (χ1v) is 5.25. The lowest BCUT2D eigenvalue weighted by Crippen LogP contribution is -2.35. The number of benzene rings is 1. The zero-order valence-corrected chi connectivity index (χ0v) is 10.2. The van der Waals surface area contributed by atoms with Gasteiger partial charge in [0.2, 0.25) is 0 Å². The van der Waals surface area contributed by atoms with E-state index in [9.17, 15) is 18.0 Å². The number of halogens is 3. The molecule has 1 N–H and O–H groups in total. The van der Waals surface area contributed by atoms with Crippen LogP contribution in [0.25, 0.3) is 0 Å². The van der Waals surface area contributed by atoms with Gasteiger partial charge in [-0.15, -0.1) is 0 Å². The van der Waals surface area contributed by atoms with E-state index >= 15 is 0 Å². The van der Waals surface area contributed by atoms with E-state index < -0.39 is 29.3 Å². The fraction of sp³-hybridized carbons (Fsp3) is 0.333. The second-order valence-electron chi connectivity index (χ2n) is 3.96. The van der Waals surface area contributed by atoms with E-state index in [1.807, 2.05) is 0 Å². The van der Waals surface area contributed by atoms with Gasteiger partial charge in [-0.2, -0.15) is 18.4 Å². The summed E-state index contributed by atoms with van der Waals surface area (Å²) in [6, 6.07) is 3.51. The third-order valence-electron chi connectivity index (χ3n) is 2.77. The third-order valence-corrected chi connectivity index (χ3v) is 2.77. The first kappa shape index (κ1) is 14.8. The summed E-state index contributed by atoms with van der Waals surface area (Å²) in [5.74, 6) is -1.11. The molecule has 0 aliphatic heterocycles. The number of likely N-dealkylation sites (N-methyl/N-ethyl adjacent to an activating group) is 1. The lowest BCUT2D eigenvalue weighted by atomic mass is 10.1. The molecule has 1 rings (SSSR count). The molecule has 0 saturated carbocycles. The minimum Gasteiger partial charge on any atom is -0.480 e. The quantitative estimate of drug-likeness (QED) is 0.918. The molecular weight excluding hydrogens is 261 g/mol. The van der Waals surface area contributed by atoms with Crippen LogP contribution in [0.2, 0.25) is 0 Å². The van der Waals surface area contributed by atoms with Gasteiger partial charge >= 0.3 is 12.1 Å². The summed E-state index contributed by atoms with van der Waals surface area (Å²) < 4.78 is 37.8. The van der Waals surface area contributed by atoms with E-state index in [-0.39, 0.29) is 5.69 Å². The molecule has 0 amide bonds. The number of carboxylic acids is 1. The number of hydrogen-bond donors (Lipinski definition) is 1. The van der Waals surface area contributed by atoms with Gasteiger partial charge in [-0.1, -0.05) is 0 Å². The number of nitriles is 1. The van der Waals surface area contributed by atoms with Crippen molar-refractivity contribution in [1.29, 1.82) is 5.26 Å². The highest BCUT2D eigenvalue weighted by molar-refractivity contribution is 5.77. The van der Waals surface area contributed by atoms with Gasteiger partial charge in [-0.3, -0.25) is 0 Å². The zero-order chi connectivity index (χ0) is 14.8. The molecular formula is C12H11F3N2O2. The number of aliphatic carboxylic acids is 1. The van der Waals surface area contributed by atoms with Crippen molar-refractivity contribution < 1.29 is 23.1 Å². The van der Waals surface area contributed by atoms with Gasteiger partial charge in [0.15, 0.2) is 0 Å². The third kappa shape index (κ3) is 3.16. The van der Waals surface area contributed by atoms with Gasteiger partial charge in [0.05, 0.1) is 17.2 Å². The topological polar surface area (TPSA) is 64.3 Å². The molecule has 4 nitrogen and oxygen atoms in total. The first-order valence-electron chi connectivity index (χ1n) is 5.25. The average molecular weight is 272 g/mol. The minimum atomic E-state index is -4.61. The summed E-state index contributed by atoms with van der Waals surface area (Å²) in [6.07, 6.45) is -4.61. The van der Waals surface area contributed by atoms with E-state index in [1.165, 1.54) is 24.9 Å². The molecule has 0 aliphatic rings. The molecule has 0 aromatic heterocycles. The molecule has 0 spiro atoms. The van der Waals surface area contributed by atoms with Gasteiger partial charge in [0.25, 0.3) is 0 Å². The smallest absolute Gasteiger partial charge is 0.417 e. The van der Waals surface area contributed by atoms with Crippen LogP contribution in [0.1, 0.15) is 18.1 Å². The molecule has 0 fully saturated rings. The molecule has 1 unspecified atom stereocenters. The van der Waals surface area contributed by atoms with Gasteiger partial charge in [-0.25, -0.2) is 4.79 Å². The summed E-state index contributed by atoms with van der Waals surface area (Å²) >= 11 is 0. The summed E-state index contributed by atoms with van der Waals surface area (Å²) in [4.78, 5) is 12.1. The van der Waals surface area contributed by atoms with Crippen LogP contribution in [0.3, 0.4) is 0 Å². The Bertz CT molecular complexity index is 535. The Morgan fingerprint density at radius 2 is 2.05 bits per heavy atom. The molecule has 0 saturated heterocycles. The van der Waals surface area contributed by atoms with E-state index in [4.69, 9.17) is 10.4 Å². The summed E-state index contributed by atoms with van der Waals surface area (Å²) in [6.45, 7) is 1.39. The molecule has 102 valence electrons. The Labute approximate surface area is 107 Å². The van der Waals surface area contributed by atoms with Crippen LogP contribution in [-0.4, -0.2) is 24.2 Å². The normalized spacial score (nSPS) is 12.6. The molecule has 1 aromatic carbocycles. The van der Waals surface area contributed by atoms with Gasteiger partial charge in [0.1, 0.15) is 6.04 Å². The maximum Gasteiger partial charge on any atom is 0.417 e. The van der Waals surface area contributed by atoms with Gasteiger partial charge in [0, 0.05) is 12.7 Å². The van der Waals surface area contributed by atoms with Crippen molar-refractivity contribution in [2.75, 3.05) is 11.9 Å². The van der Waals surface area contributed by atoms with Crippen LogP contribution in [0.5, 0.6) is 0 Å². The van der Waals surface area contributed by atoms with E-state index in [2.05, 4.69) is 0 Å². The largest absolute Gasteiger partial charge is 0.480 e. The van der Waals surface area contributed by atoms with Crippen molar-refractivity contribution in [1.82, 2.24) is 0 Å². The van der Waals surface area contributed by atoms with Crippen molar-refractivity contribution in [2.24, 2.45) is 0 Å². The molecule has 1 atom stereocenters. The maximum atomic E-state index is 12.6. The molecule has 7 heteroatoms. The van der Waals surface area contributed by atoms with Crippen LogP contribution in [0.4, 0.5) is 18.9 Å². The monoisotopic (exact) mass is 272 g/mol. The fourth-order valence-electron chi connectivity index (χ4n) is 1.48. The van der Waals surface area contributed by atoms with Crippen molar-refractivity contribution in [3.8, 4) is 6.07 Å². The number of carboxylic acid groups (broad SMARTS) is 1. The fourth-order valence-corrected chi connectivity index (χ4v) is 1.48. The Balaban J connectivity index is 3.22. The SMILES string of the molecule is CC(C(=O)O)N(C)c1ccc(C(F)(F)F)c(C#N)c1. The number of alkyl halides is 3. The van der Waals surface area contributed by atoms with Crippen LogP contribution >= 0.6 is 0 Å².